The molecule has 1 aliphatic carbocycles. The Kier molecular flexibility index (Phi) is 2.30. The Hall–Kier alpha value is -2.28. The molecule has 0 saturated heterocycles. The molecule has 84 valence electrons. The zero-order valence-corrected chi connectivity index (χ0v) is 9.18. The van der Waals surface area contributed by atoms with Gasteiger partial charge in [0.1, 0.15) is 6.07 Å². The lowest BCUT2D eigenvalue weighted by Gasteiger charge is -1.97. The van der Waals surface area contributed by atoms with E-state index in [0.29, 0.717) is 23.5 Å². The van der Waals surface area contributed by atoms with Crippen LogP contribution in [0.25, 0.3) is 11.5 Å². The molecule has 0 atom stereocenters. The van der Waals surface area contributed by atoms with Gasteiger partial charge in [-0.2, -0.15) is 10.2 Å². The summed E-state index contributed by atoms with van der Waals surface area (Å²) in [6, 6.07) is 12.1. The number of aromatic nitrogens is 1. The number of hydrogen-bond acceptors (Lipinski definition) is 4. The molecule has 1 fully saturated rings. The molecule has 2 aromatic rings. The molecule has 0 spiro atoms. The summed E-state index contributed by atoms with van der Waals surface area (Å²) in [5.74, 6) is 0.985. The van der Waals surface area contributed by atoms with Gasteiger partial charge in [0.15, 0.2) is 0 Å². The Balaban J connectivity index is 1.96. The van der Waals surface area contributed by atoms with Crippen LogP contribution >= 0.6 is 0 Å². The smallest absolute Gasteiger partial charge is 0.232 e. The fourth-order valence-corrected chi connectivity index (χ4v) is 1.61. The molecule has 3 rings (SSSR count). The molecule has 1 N–H and O–H groups in total. The Labute approximate surface area is 98.9 Å². The van der Waals surface area contributed by atoms with Gasteiger partial charge in [0.2, 0.25) is 17.5 Å². The zero-order valence-electron chi connectivity index (χ0n) is 9.18. The van der Waals surface area contributed by atoms with Gasteiger partial charge in [0.25, 0.3) is 0 Å². The van der Waals surface area contributed by atoms with Crippen LogP contribution in [0, 0.1) is 11.3 Å². The summed E-state index contributed by atoms with van der Waals surface area (Å²) in [7, 11) is 0. The van der Waals surface area contributed by atoms with E-state index in [1.165, 1.54) is 0 Å². The zero-order chi connectivity index (χ0) is 11.7. The number of nitriles is 1. The highest BCUT2D eigenvalue weighted by molar-refractivity contribution is 5.58. The molecule has 0 amide bonds. The summed E-state index contributed by atoms with van der Waals surface area (Å²) in [5.41, 5.74) is 1.21. The third-order valence-electron chi connectivity index (χ3n) is 2.67. The predicted octanol–water partition coefficient (Wildman–Crippen LogP) is 2.79. The minimum absolute atomic E-state index is 0.329. The second kappa shape index (κ2) is 3.95. The van der Waals surface area contributed by atoms with Crippen molar-refractivity contribution in [1.29, 1.82) is 5.26 Å². The molecule has 1 aromatic heterocycles. The van der Waals surface area contributed by atoms with Crippen LogP contribution in [0.2, 0.25) is 0 Å². The Bertz CT molecular complexity index is 564. The molecular weight excluding hydrogens is 214 g/mol. The number of rotatable bonds is 3. The molecular formula is C13H11N3O. The van der Waals surface area contributed by atoms with Crippen LogP contribution < -0.4 is 5.32 Å². The lowest BCUT2D eigenvalue weighted by atomic mass is 10.2. The van der Waals surface area contributed by atoms with E-state index in [1.54, 1.807) is 0 Å². The van der Waals surface area contributed by atoms with E-state index in [-0.39, 0.29) is 0 Å². The Morgan fingerprint density at radius 3 is 2.71 bits per heavy atom. The van der Waals surface area contributed by atoms with Gasteiger partial charge in [-0.05, 0) is 25.0 Å². The van der Waals surface area contributed by atoms with E-state index < -0.39 is 0 Å². The summed E-state index contributed by atoms with van der Waals surface area (Å²) in [4.78, 5) is 4.19. The fraction of sp³-hybridized carbons (Fsp3) is 0.231. The highest BCUT2D eigenvalue weighted by Crippen LogP contribution is 2.30. The first kappa shape index (κ1) is 9.91. The van der Waals surface area contributed by atoms with Gasteiger partial charge in [0, 0.05) is 11.6 Å². The normalized spacial score (nSPS) is 14.3. The van der Waals surface area contributed by atoms with Gasteiger partial charge in [-0.15, -0.1) is 0 Å². The fourth-order valence-electron chi connectivity index (χ4n) is 1.61. The average Bonchev–Trinajstić information content (AvgIpc) is 3.09. The van der Waals surface area contributed by atoms with Crippen molar-refractivity contribution >= 4 is 5.88 Å². The summed E-state index contributed by atoms with van der Waals surface area (Å²) < 4.78 is 5.60. The van der Waals surface area contributed by atoms with Gasteiger partial charge in [-0.25, -0.2) is 0 Å². The number of anilines is 1. The maximum absolute atomic E-state index is 9.00. The van der Waals surface area contributed by atoms with Crippen molar-refractivity contribution in [3.63, 3.8) is 0 Å². The van der Waals surface area contributed by atoms with Gasteiger partial charge in [0.05, 0.1) is 0 Å². The van der Waals surface area contributed by atoms with Crippen molar-refractivity contribution in [3.05, 3.63) is 36.0 Å². The lowest BCUT2D eigenvalue weighted by molar-refractivity contribution is 0.585. The molecule has 1 aliphatic rings. The molecule has 1 saturated carbocycles. The number of nitrogens with one attached hydrogen (secondary N) is 1. The molecule has 0 radical (unpaired) electrons. The SMILES string of the molecule is N#Cc1nc(-c2ccccc2)oc1NC1CC1. The molecule has 4 nitrogen and oxygen atoms in total. The third-order valence-corrected chi connectivity index (χ3v) is 2.67. The topological polar surface area (TPSA) is 61.9 Å². The molecule has 0 aliphatic heterocycles. The average molecular weight is 225 g/mol. The summed E-state index contributed by atoms with van der Waals surface area (Å²) >= 11 is 0. The summed E-state index contributed by atoms with van der Waals surface area (Å²) in [6.07, 6.45) is 2.26. The first-order valence-corrected chi connectivity index (χ1v) is 5.59. The van der Waals surface area contributed by atoms with Crippen LogP contribution in [0.15, 0.2) is 34.7 Å². The van der Waals surface area contributed by atoms with Crippen LogP contribution in [-0.2, 0) is 0 Å². The van der Waals surface area contributed by atoms with Crippen LogP contribution in [0.3, 0.4) is 0 Å². The Morgan fingerprint density at radius 1 is 1.29 bits per heavy atom. The second-order valence-electron chi connectivity index (χ2n) is 4.09. The third kappa shape index (κ3) is 2.00. The molecule has 0 unspecified atom stereocenters. The quantitative estimate of drug-likeness (QED) is 0.872. The molecule has 1 heterocycles. The molecule has 1 aromatic carbocycles. The van der Waals surface area contributed by atoms with Crippen molar-refractivity contribution in [1.82, 2.24) is 4.98 Å². The van der Waals surface area contributed by atoms with E-state index >= 15 is 0 Å². The van der Waals surface area contributed by atoms with E-state index in [2.05, 4.69) is 16.4 Å². The van der Waals surface area contributed by atoms with Crippen molar-refractivity contribution in [2.45, 2.75) is 18.9 Å². The predicted molar refractivity (Wildman–Crippen MR) is 63.3 cm³/mol. The van der Waals surface area contributed by atoms with E-state index in [0.717, 1.165) is 18.4 Å². The Morgan fingerprint density at radius 2 is 2.06 bits per heavy atom. The van der Waals surface area contributed by atoms with Crippen LogP contribution in [-0.4, -0.2) is 11.0 Å². The van der Waals surface area contributed by atoms with E-state index in [9.17, 15) is 0 Å². The van der Waals surface area contributed by atoms with Crippen LogP contribution in [0.1, 0.15) is 18.5 Å². The van der Waals surface area contributed by atoms with Crippen molar-refractivity contribution < 1.29 is 4.42 Å². The van der Waals surface area contributed by atoms with Gasteiger partial charge in [-0.3, -0.25) is 0 Å². The summed E-state index contributed by atoms with van der Waals surface area (Å²) in [5, 5.41) is 12.2. The van der Waals surface area contributed by atoms with Crippen LogP contribution in [0.4, 0.5) is 5.88 Å². The molecule has 17 heavy (non-hydrogen) atoms. The molecule has 4 heteroatoms. The van der Waals surface area contributed by atoms with Crippen molar-refractivity contribution in [2.24, 2.45) is 0 Å². The number of benzene rings is 1. The minimum Gasteiger partial charge on any atom is -0.419 e. The number of oxazole rings is 1. The highest BCUT2D eigenvalue weighted by Gasteiger charge is 2.25. The van der Waals surface area contributed by atoms with E-state index in [4.69, 9.17) is 9.68 Å². The summed E-state index contributed by atoms with van der Waals surface area (Å²) in [6.45, 7) is 0. The maximum Gasteiger partial charge on any atom is 0.232 e. The van der Waals surface area contributed by atoms with Gasteiger partial charge >= 0.3 is 0 Å². The van der Waals surface area contributed by atoms with Gasteiger partial charge < -0.3 is 9.73 Å². The van der Waals surface area contributed by atoms with Crippen molar-refractivity contribution in [2.75, 3.05) is 5.32 Å². The largest absolute Gasteiger partial charge is 0.419 e. The minimum atomic E-state index is 0.329. The van der Waals surface area contributed by atoms with E-state index in [1.807, 2.05) is 30.3 Å². The van der Waals surface area contributed by atoms with Gasteiger partial charge in [-0.1, -0.05) is 18.2 Å². The molecule has 0 bridgehead atoms. The number of nitrogens with zero attached hydrogens (tertiary/aromatic N) is 2. The van der Waals surface area contributed by atoms with Crippen LogP contribution in [0.5, 0.6) is 0 Å². The number of hydrogen-bond donors (Lipinski definition) is 1. The maximum atomic E-state index is 9.00. The standard InChI is InChI=1S/C13H11N3O/c14-8-11-13(15-10-6-7-10)17-12(16-11)9-4-2-1-3-5-9/h1-5,10,15H,6-7H2. The van der Waals surface area contributed by atoms with Crippen molar-refractivity contribution in [3.8, 4) is 17.5 Å². The second-order valence-corrected chi connectivity index (χ2v) is 4.09. The monoisotopic (exact) mass is 225 g/mol. The lowest BCUT2D eigenvalue weighted by Crippen LogP contribution is -2.00. The first-order chi connectivity index (χ1) is 8.36. The highest BCUT2D eigenvalue weighted by atomic mass is 16.4. The first-order valence-electron chi connectivity index (χ1n) is 5.59.